The molecule has 16 heavy (non-hydrogen) atoms. The average molecular weight is 225 g/mol. The topological polar surface area (TPSA) is 44.5 Å². The number of ether oxygens (including phenoxy) is 2. The summed E-state index contributed by atoms with van der Waals surface area (Å²) in [6.07, 6.45) is 0.419. The predicted octanol–water partition coefficient (Wildman–Crippen LogP) is 1.63. The highest BCUT2D eigenvalue weighted by Crippen LogP contribution is 2.29. The van der Waals surface area contributed by atoms with Crippen LogP contribution in [0.3, 0.4) is 0 Å². The molecule has 0 radical (unpaired) electrons. The number of halogens is 1. The molecule has 0 aliphatic heterocycles. The first-order valence-corrected chi connectivity index (χ1v) is 5.33. The van der Waals surface area contributed by atoms with Crippen LogP contribution in [0, 0.1) is 12.7 Å². The van der Waals surface area contributed by atoms with Crippen LogP contribution in [0.4, 0.5) is 4.39 Å². The van der Waals surface area contributed by atoms with E-state index in [1.54, 1.807) is 19.2 Å². The molecule has 4 heteroatoms. The molecule has 1 aliphatic rings. The van der Waals surface area contributed by atoms with Gasteiger partial charge in [0.15, 0.2) is 11.6 Å². The Morgan fingerprint density at radius 3 is 2.81 bits per heavy atom. The molecule has 3 unspecified atom stereocenters. The molecule has 0 saturated heterocycles. The van der Waals surface area contributed by atoms with E-state index in [2.05, 4.69) is 0 Å². The molecule has 2 rings (SSSR count). The summed E-state index contributed by atoms with van der Waals surface area (Å²) in [7, 11) is 1.59. The van der Waals surface area contributed by atoms with Crippen molar-refractivity contribution in [3.05, 3.63) is 29.6 Å². The van der Waals surface area contributed by atoms with E-state index >= 15 is 0 Å². The fourth-order valence-corrected chi connectivity index (χ4v) is 1.92. The number of nitrogens with two attached hydrogens (primary N) is 1. The Morgan fingerprint density at radius 1 is 1.44 bits per heavy atom. The first-order valence-electron chi connectivity index (χ1n) is 5.33. The summed E-state index contributed by atoms with van der Waals surface area (Å²) in [6, 6.07) is 4.79. The first kappa shape index (κ1) is 11.4. The molecule has 0 heterocycles. The second-order valence-corrected chi connectivity index (χ2v) is 4.19. The van der Waals surface area contributed by atoms with Crippen LogP contribution in [0.25, 0.3) is 0 Å². The smallest absolute Gasteiger partial charge is 0.165 e. The van der Waals surface area contributed by atoms with Crippen LogP contribution in [0.5, 0.6) is 5.75 Å². The third-order valence-corrected chi connectivity index (χ3v) is 2.93. The summed E-state index contributed by atoms with van der Waals surface area (Å²) < 4.78 is 24.2. The van der Waals surface area contributed by atoms with Crippen molar-refractivity contribution < 1.29 is 13.9 Å². The van der Waals surface area contributed by atoms with Crippen LogP contribution in [-0.4, -0.2) is 25.4 Å². The van der Waals surface area contributed by atoms with Crippen LogP contribution in [-0.2, 0) is 4.74 Å². The van der Waals surface area contributed by atoms with Crippen molar-refractivity contribution in [2.45, 2.75) is 31.6 Å². The molecule has 2 N–H and O–H groups in total. The van der Waals surface area contributed by atoms with Gasteiger partial charge in [-0.3, -0.25) is 0 Å². The molecular formula is C12H16FNO2. The summed E-state index contributed by atoms with van der Waals surface area (Å²) in [5.41, 5.74) is 6.71. The molecule has 88 valence electrons. The fourth-order valence-electron chi connectivity index (χ4n) is 1.92. The summed E-state index contributed by atoms with van der Waals surface area (Å²) in [5, 5.41) is 0. The molecule has 1 fully saturated rings. The number of benzene rings is 1. The normalized spacial score (nSPS) is 28.6. The minimum Gasteiger partial charge on any atom is -0.485 e. The van der Waals surface area contributed by atoms with E-state index in [9.17, 15) is 4.39 Å². The van der Waals surface area contributed by atoms with Gasteiger partial charge in [0, 0.05) is 19.6 Å². The van der Waals surface area contributed by atoms with Crippen LogP contribution in [0.1, 0.15) is 12.0 Å². The number of rotatable bonds is 3. The van der Waals surface area contributed by atoms with Gasteiger partial charge in [-0.1, -0.05) is 6.07 Å². The lowest BCUT2D eigenvalue weighted by molar-refractivity contribution is -0.0793. The molecule has 3 nitrogen and oxygen atoms in total. The van der Waals surface area contributed by atoms with Gasteiger partial charge in [0.1, 0.15) is 12.2 Å². The van der Waals surface area contributed by atoms with E-state index in [0.29, 0.717) is 6.42 Å². The van der Waals surface area contributed by atoms with Crippen LogP contribution in [0.2, 0.25) is 0 Å². The molecule has 0 bridgehead atoms. The van der Waals surface area contributed by atoms with Crippen LogP contribution < -0.4 is 10.5 Å². The molecule has 0 amide bonds. The third-order valence-electron chi connectivity index (χ3n) is 2.93. The zero-order chi connectivity index (χ0) is 11.7. The van der Waals surface area contributed by atoms with Crippen molar-refractivity contribution in [2.24, 2.45) is 5.73 Å². The van der Waals surface area contributed by atoms with Gasteiger partial charge in [-0.05, 0) is 24.6 Å². The van der Waals surface area contributed by atoms with Gasteiger partial charge in [0.25, 0.3) is 0 Å². The lowest BCUT2D eigenvalue weighted by atomic mass is 9.86. The molecule has 3 atom stereocenters. The Balaban J connectivity index is 2.07. The molecular weight excluding hydrogens is 209 g/mol. The average Bonchev–Trinajstić information content (AvgIpc) is 2.23. The van der Waals surface area contributed by atoms with Gasteiger partial charge in [0.2, 0.25) is 0 Å². The zero-order valence-electron chi connectivity index (χ0n) is 9.44. The van der Waals surface area contributed by atoms with E-state index < -0.39 is 0 Å². The van der Waals surface area contributed by atoms with E-state index in [1.807, 2.05) is 6.92 Å². The number of aryl methyl sites for hydroxylation is 1. The predicted molar refractivity (Wildman–Crippen MR) is 58.9 cm³/mol. The van der Waals surface area contributed by atoms with Crippen molar-refractivity contribution in [3.63, 3.8) is 0 Å². The number of methoxy groups -OCH3 is 1. The maximum absolute atomic E-state index is 13.4. The van der Waals surface area contributed by atoms with Crippen LogP contribution >= 0.6 is 0 Å². The zero-order valence-corrected chi connectivity index (χ0v) is 9.44. The van der Waals surface area contributed by atoms with Crippen LogP contribution in [0.15, 0.2) is 18.2 Å². The molecule has 1 aliphatic carbocycles. The minimum absolute atomic E-state index is 0.0112. The van der Waals surface area contributed by atoms with Crippen molar-refractivity contribution in [1.82, 2.24) is 0 Å². The lowest BCUT2D eigenvalue weighted by Crippen LogP contribution is -2.59. The van der Waals surface area contributed by atoms with Gasteiger partial charge in [-0.15, -0.1) is 0 Å². The summed E-state index contributed by atoms with van der Waals surface area (Å²) in [4.78, 5) is 0. The molecule has 0 aromatic heterocycles. The van der Waals surface area contributed by atoms with Gasteiger partial charge in [-0.2, -0.15) is 0 Å². The maximum atomic E-state index is 13.4. The van der Waals surface area contributed by atoms with E-state index in [1.165, 1.54) is 6.07 Å². The molecule has 1 aromatic rings. The van der Waals surface area contributed by atoms with Gasteiger partial charge >= 0.3 is 0 Å². The van der Waals surface area contributed by atoms with E-state index in [4.69, 9.17) is 15.2 Å². The SMILES string of the molecule is COC1C(N)CC1Oc1cc(C)ccc1F. The van der Waals surface area contributed by atoms with Gasteiger partial charge < -0.3 is 15.2 Å². The third kappa shape index (κ3) is 2.03. The molecule has 1 saturated carbocycles. The van der Waals surface area contributed by atoms with E-state index in [0.717, 1.165) is 5.56 Å². The largest absolute Gasteiger partial charge is 0.485 e. The monoisotopic (exact) mass is 225 g/mol. The minimum atomic E-state index is -0.346. The second-order valence-electron chi connectivity index (χ2n) is 4.19. The highest BCUT2D eigenvalue weighted by molar-refractivity contribution is 5.30. The summed E-state index contributed by atoms with van der Waals surface area (Å²) >= 11 is 0. The van der Waals surface area contributed by atoms with Crippen molar-refractivity contribution in [2.75, 3.05) is 7.11 Å². The second kappa shape index (κ2) is 4.39. The Bertz CT molecular complexity index is 383. The Morgan fingerprint density at radius 2 is 2.19 bits per heavy atom. The standard InChI is InChI=1S/C12H16FNO2/c1-7-3-4-8(13)10(5-7)16-11-6-9(14)12(11)15-2/h3-5,9,11-12H,6,14H2,1-2H3. The number of hydrogen-bond acceptors (Lipinski definition) is 3. The first-order chi connectivity index (χ1) is 7.61. The van der Waals surface area contributed by atoms with E-state index in [-0.39, 0.29) is 29.8 Å². The summed E-state index contributed by atoms with van der Waals surface area (Å²) in [5.74, 6) is -0.0696. The highest BCUT2D eigenvalue weighted by Gasteiger charge is 2.41. The lowest BCUT2D eigenvalue weighted by Gasteiger charge is -2.41. The van der Waals surface area contributed by atoms with Gasteiger partial charge in [0.05, 0.1) is 0 Å². The Kier molecular flexibility index (Phi) is 3.12. The fraction of sp³-hybridized carbons (Fsp3) is 0.500. The molecule has 0 spiro atoms. The quantitative estimate of drug-likeness (QED) is 0.850. The molecule has 1 aromatic carbocycles. The van der Waals surface area contributed by atoms with Gasteiger partial charge in [-0.25, -0.2) is 4.39 Å². The maximum Gasteiger partial charge on any atom is 0.165 e. The van der Waals surface area contributed by atoms with Crippen molar-refractivity contribution in [3.8, 4) is 5.75 Å². The Hall–Kier alpha value is -1.13. The Labute approximate surface area is 94.3 Å². The van der Waals surface area contributed by atoms with Crippen molar-refractivity contribution in [1.29, 1.82) is 0 Å². The highest BCUT2D eigenvalue weighted by atomic mass is 19.1. The van der Waals surface area contributed by atoms with Crippen molar-refractivity contribution >= 4 is 0 Å². The number of hydrogen-bond donors (Lipinski definition) is 1. The summed E-state index contributed by atoms with van der Waals surface area (Å²) in [6.45, 7) is 1.90.